The second-order valence-electron chi connectivity index (χ2n) is 5.47. The molecule has 0 bridgehead atoms. The van der Waals surface area contributed by atoms with Crippen LogP contribution in [0.2, 0.25) is 0 Å². The van der Waals surface area contributed by atoms with E-state index in [-0.39, 0.29) is 5.91 Å². The van der Waals surface area contributed by atoms with Gasteiger partial charge in [-0.05, 0) is 41.7 Å². The van der Waals surface area contributed by atoms with Crippen LogP contribution in [0, 0.1) is 0 Å². The number of amidine groups is 1. The molecule has 0 saturated heterocycles. The van der Waals surface area contributed by atoms with Gasteiger partial charge in [0, 0.05) is 6.07 Å². The van der Waals surface area contributed by atoms with Crippen LogP contribution in [0.5, 0.6) is 11.5 Å². The summed E-state index contributed by atoms with van der Waals surface area (Å²) in [6.45, 7) is 2.03. The van der Waals surface area contributed by atoms with E-state index in [0.717, 1.165) is 22.8 Å². The number of thioether (sulfide) groups is 1. The molecule has 0 radical (unpaired) electrons. The average molecular weight is 368 g/mol. The van der Waals surface area contributed by atoms with Crippen molar-refractivity contribution in [3.05, 3.63) is 59.8 Å². The SMILES string of the molecule is CCSC1=N/C(=C/c2ccc(OC)cc2)C(=O)N1c1cccc(OC)c1. The zero-order chi connectivity index (χ0) is 18.5. The van der Waals surface area contributed by atoms with Gasteiger partial charge < -0.3 is 9.47 Å². The average Bonchev–Trinajstić information content (AvgIpc) is 2.98. The Kier molecular flexibility index (Phi) is 5.63. The first-order chi connectivity index (χ1) is 12.7. The maximum atomic E-state index is 13.0. The zero-order valence-electron chi connectivity index (χ0n) is 14.9. The first-order valence-electron chi connectivity index (χ1n) is 8.22. The van der Waals surface area contributed by atoms with E-state index in [4.69, 9.17) is 9.47 Å². The molecule has 26 heavy (non-hydrogen) atoms. The number of rotatable bonds is 5. The maximum Gasteiger partial charge on any atom is 0.283 e. The predicted octanol–water partition coefficient (Wildman–Crippen LogP) is 4.20. The third-order valence-corrected chi connectivity index (χ3v) is 4.65. The minimum Gasteiger partial charge on any atom is -0.497 e. The van der Waals surface area contributed by atoms with Crippen LogP contribution >= 0.6 is 11.8 Å². The van der Waals surface area contributed by atoms with Gasteiger partial charge in [0.15, 0.2) is 5.17 Å². The van der Waals surface area contributed by atoms with Crippen LogP contribution in [-0.2, 0) is 4.79 Å². The lowest BCUT2D eigenvalue weighted by molar-refractivity contribution is -0.113. The Bertz CT molecular complexity index is 860. The molecule has 0 spiro atoms. The van der Waals surface area contributed by atoms with Crippen molar-refractivity contribution in [1.29, 1.82) is 0 Å². The van der Waals surface area contributed by atoms with Crippen molar-refractivity contribution >= 4 is 34.6 Å². The van der Waals surface area contributed by atoms with Crippen molar-refractivity contribution in [2.75, 3.05) is 24.9 Å². The number of ether oxygens (including phenoxy) is 2. The molecule has 0 N–H and O–H groups in total. The molecule has 3 rings (SSSR count). The molecule has 1 heterocycles. The second kappa shape index (κ2) is 8.10. The molecule has 2 aromatic rings. The van der Waals surface area contributed by atoms with Crippen molar-refractivity contribution in [1.82, 2.24) is 0 Å². The fourth-order valence-corrected chi connectivity index (χ4v) is 3.30. The Labute approximate surface area is 157 Å². The van der Waals surface area contributed by atoms with Gasteiger partial charge in [0.05, 0.1) is 19.9 Å². The number of carbonyl (C=O) groups excluding carboxylic acids is 1. The number of nitrogens with zero attached hydrogens (tertiary/aromatic N) is 2. The molecule has 0 saturated carbocycles. The Morgan fingerprint density at radius 3 is 2.46 bits per heavy atom. The molecule has 0 fully saturated rings. The first kappa shape index (κ1) is 18.1. The second-order valence-corrected chi connectivity index (χ2v) is 6.70. The summed E-state index contributed by atoms with van der Waals surface area (Å²) in [6, 6.07) is 14.9. The lowest BCUT2D eigenvalue weighted by Gasteiger charge is -2.18. The molecule has 0 atom stereocenters. The number of carbonyl (C=O) groups is 1. The molecule has 0 aliphatic carbocycles. The largest absolute Gasteiger partial charge is 0.497 e. The lowest BCUT2D eigenvalue weighted by atomic mass is 10.2. The summed E-state index contributed by atoms with van der Waals surface area (Å²) in [4.78, 5) is 19.2. The van der Waals surface area contributed by atoms with Crippen molar-refractivity contribution < 1.29 is 14.3 Å². The molecule has 0 unspecified atom stereocenters. The van der Waals surface area contributed by atoms with Crippen LogP contribution in [0.1, 0.15) is 12.5 Å². The highest BCUT2D eigenvalue weighted by Gasteiger charge is 2.31. The normalized spacial score (nSPS) is 15.3. The molecule has 1 aliphatic rings. The van der Waals surface area contributed by atoms with Gasteiger partial charge in [-0.3, -0.25) is 9.69 Å². The van der Waals surface area contributed by atoms with E-state index in [9.17, 15) is 4.79 Å². The number of hydrogen-bond acceptors (Lipinski definition) is 5. The van der Waals surface area contributed by atoms with E-state index in [1.54, 1.807) is 25.2 Å². The smallest absolute Gasteiger partial charge is 0.283 e. The summed E-state index contributed by atoms with van der Waals surface area (Å²) in [5, 5.41) is 0.672. The van der Waals surface area contributed by atoms with E-state index in [1.807, 2.05) is 55.5 Å². The number of amides is 1. The molecule has 5 nitrogen and oxygen atoms in total. The van der Waals surface area contributed by atoms with Gasteiger partial charge in [-0.25, -0.2) is 4.99 Å². The quantitative estimate of drug-likeness (QED) is 0.742. The Hall–Kier alpha value is -2.73. The minimum absolute atomic E-state index is 0.148. The highest BCUT2D eigenvalue weighted by Crippen LogP contribution is 2.31. The summed E-state index contributed by atoms with van der Waals surface area (Å²) in [7, 11) is 3.23. The van der Waals surface area contributed by atoms with Crippen molar-refractivity contribution in [3.8, 4) is 11.5 Å². The van der Waals surface area contributed by atoms with Crippen LogP contribution in [0.4, 0.5) is 5.69 Å². The third kappa shape index (κ3) is 3.75. The molecule has 134 valence electrons. The standard InChI is InChI=1S/C20H20N2O3S/c1-4-26-20-21-18(12-14-8-10-16(24-2)11-9-14)19(23)22(20)15-6-5-7-17(13-15)25-3/h5-13H,4H2,1-3H3/b18-12+. The molecule has 0 aromatic heterocycles. The Balaban J connectivity index is 1.95. The van der Waals surface area contributed by atoms with Crippen molar-refractivity contribution in [2.24, 2.45) is 4.99 Å². The van der Waals surface area contributed by atoms with Crippen LogP contribution in [-0.4, -0.2) is 31.0 Å². The topological polar surface area (TPSA) is 51.1 Å². The van der Waals surface area contributed by atoms with Gasteiger partial charge in [0.1, 0.15) is 17.2 Å². The van der Waals surface area contributed by atoms with Gasteiger partial charge in [-0.2, -0.15) is 0 Å². The van der Waals surface area contributed by atoms with E-state index >= 15 is 0 Å². The highest BCUT2D eigenvalue weighted by atomic mass is 32.2. The van der Waals surface area contributed by atoms with E-state index in [0.29, 0.717) is 16.6 Å². The molecule has 2 aromatic carbocycles. The van der Waals surface area contributed by atoms with Gasteiger partial charge in [-0.15, -0.1) is 0 Å². The Morgan fingerprint density at radius 2 is 1.81 bits per heavy atom. The van der Waals surface area contributed by atoms with E-state index < -0.39 is 0 Å². The van der Waals surface area contributed by atoms with Crippen molar-refractivity contribution in [2.45, 2.75) is 6.92 Å². The summed E-state index contributed by atoms with van der Waals surface area (Å²) in [5.41, 5.74) is 2.05. The number of methoxy groups -OCH3 is 2. The predicted molar refractivity (Wildman–Crippen MR) is 107 cm³/mol. The number of aliphatic imine (C=N–C) groups is 1. The van der Waals surface area contributed by atoms with Gasteiger partial charge in [0.2, 0.25) is 0 Å². The fourth-order valence-electron chi connectivity index (χ4n) is 2.56. The zero-order valence-corrected chi connectivity index (χ0v) is 15.7. The molecular weight excluding hydrogens is 348 g/mol. The number of hydrogen-bond donors (Lipinski definition) is 0. The van der Waals surface area contributed by atoms with Gasteiger partial charge in [-0.1, -0.05) is 36.9 Å². The van der Waals surface area contributed by atoms with Gasteiger partial charge in [0.25, 0.3) is 5.91 Å². The fraction of sp³-hybridized carbons (Fsp3) is 0.200. The monoisotopic (exact) mass is 368 g/mol. The van der Waals surface area contributed by atoms with Crippen LogP contribution < -0.4 is 14.4 Å². The van der Waals surface area contributed by atoms with E-state index in [2.05, 4.69) is 4.99 Å². The summed E-state index contributed by atoms with van der Waals surface area (Å²) >= 11 is 1.53. The number of anilines is 1. The third-order valence-electron chi connectivity index (χ3n) is 3.83. The summed E-state index contributed by atoms with van der Waals surface area (Å²) < 4.78 is 10.4. The van der Waals surface area contributed by atoms with Crippen LogP contribution in [0.25, 0.3) is 6.08 Å². The van der Waals surface area contributed by atoms with Gasteiger partial charge >= 0.3 is 0 Å². The molecule has 1 amide bonds. The minimum atomic E-state index is -0.148. The molecule has 6 heteroatoms. The van der Waals surface area contributed by atoms with Crippen LogP contribution in [0.15, 0.2) is 59.2 Å². The lowest BCUT2D eigenvalue weighted by Crippen LogP contribution is -2.30. The molecule has 1 aliphatic heterocycles. The first-order valence-corrected chi connectivity index (χ1v) is 9.20. The molecular formula is C20H20N2O3S. The van der Waals surface area contributed by atoms with Crippen LogP contribution in [0.3, 0.4) is 0 Å². The Morgan fingerprint density at radius 1 is 1.08 bits per heavy atom. The highest BCUT2D eigenvalue weighted by molar-refractivity contribution is 8.14. The summed E-state index contributed by atoms with van der Waals surface area (Å²) in [5.74, 6) is 2.14. The van der Waals surface area contributed by atoms with Crippen molar-refractivity contribution in [3.63, 3.8) is 0 Å². The number of benzene rings is 2. The van der Waals surface area contributed by atoms with E-state index in [1.165, 1.54) is 11.8 Å². The summed E-state index contributed by atoms with van der Waals surface area (Å²) in [6.07, 6.45) is 1.79. The maximum absolute atomic E-state index is 13.0.